The summed E-state index contributed by atoms with van der Waals surface area (Å²) in [7, 11) is 1.51. The van der Waals surface area contributed by atoms with Crippen molar-refractivity contribution in [2.75, 3.05) is 32.1 Å². The van der Waals surface area contributed by atoms with Crippen molar-refractivity contribution < 1.29 is 14.3 Å². The van der Waals surface area contributed by atoms with E-state index in [1.54, 1.807) is 12.1 Å². The molecule has 1 saturated heterocycles. The van der Waals surface area contributed by atoms with Crippen LogP contribution in [0.15, 0.2) is 18.3 Å². The number of nitrogens with zero attached hydrogens (tertiary/aromatic N) is 2. The lowest BCUT2D eigenvalue weighted by Crippen LogP contribution is -2.43. The number of amides is 2. The third-order valence-corrected chi connectivity index (χ3v) is 3.81. The predicted molar refractivity (Wildman–Crippen MR) is 82.7 cm³/mol. The summed E-state index contributed by atoms with van der Waals surface area (Å²) >= 11 is 0. The van der Waals surface area contributed by atoms with Crippen LogP contribution < -0.4 is 15.4 Å². The van der Waals surface area contributed by atoms with Crippen molar-refractivity contribution in [1.29, 1.82) is 0 Å². The highest BCUT2D eigenvalue weighted by Crippen LogP contribution is 2.15. The zero-order valence-electron chi connectivity index (χ0n) is 13.0. The van der Waals surface area contributed by atoms with Gasteiger partial charge in [-0.25, -0.2) is 4.98 Å². The predicted octanol–water partition coefficient (Wildman–Crippen LogP) is 0.629. The highest BCUT2D eigenvalue weighted by atomic mass is 16.5. The number of carbonyl (C=O) groups excluding carboxylic acids is 2. The van der Waals surface area contributed by atoms with Crippen LogP contribution in [0.4, 0.5) is 5.69 Å². The molecule has 2 rings (SSSR count). The molecular formula is C15H22N4O3. The van der Waals surface area contributed by atoms with Gasteiger partial charge < -0.3 is 15.4 Å². The Bertz CT molecular complexity index is 518. The molecule has 0 spiro atoms. The molecule has 120 valence electrons. The second kappa shape index (κ2) is 7.74. The van der Waals surface area contributed by atoms with Gasteiger partial charge >= 0.3 is 11.8 Å². The number of nitrogens with one attached hydrogen (secondary N) is 2. The number of methoxy groups -OCH3 is 1. The van der Waals surface area contributed by atoms with Gasteiger partial charge in [-0.2, -0.15) is 0 Å². The van der Waals surface area contributed by atoms with Gasteiger partial charge in [0.2, 0.25) is 5.88 Å². The van der Waals surface area contributed by atoms with E-state index in [1.165, 1.54) is 13.3 Å². The number of anilines is 1. The number of rotatable bonds is 5. The Balaban J connectivity index is 1.80. The lowest BCUT2D eigenvalue weighted by Gasteiger charge is -2.22. The monoisotopic (exact) mass is 306 g/mol. The summed E-state index contributed by atoms with van der Waals surface area (Å²) in [5.74, 6) is -0.866. The molecule has 1 fully saturated rings. The Morgan fingerprint density at radius 1 is 1.41 bits per heavy atom. The normalized spacial score (nSPS) is 18.0. The van der Waals surface area contributed by atoms with E-state index in [9.17, 15) is 9.59 Å². The van der Waals surface area contributed by atoms with E-state index >= 15 is 0 Å². The van der Waals surface area contributed by atoms with Crippen LogP contribution in [0.2, 0.25) is 0 Å². The van der Waals surface area contributed by atoms with Crippen LogP contribution in [-0.2, 0) is 9.59 Å². The fourth-order valence-corrected chi connectivity index (χ4v) is 2.60. The van der Waals surface area contributed by atoms with Gasteiger partial charge in [0.15, 0.2) is 0 Å². The molecule has 0 saturated carbocycles. The van der Waals surface area contributed by atoms with Gasteiger partial charge in [0.25, 0.3) is 0 Å². The lowest BCUT2D eigenvalue weighted by atomic mass is 10.2. The number of carbonyl (C=O) groups is 2. The van der Waals surface area contributed by atoms with Gasteiger partial charge in [-0.3, -0.25) is 14.5 Å². The molecule has 0 radical (unpaired) electrons. The first-order chi connectivity index (χ1) is 10.6. The van der Waals surface area contributed by atoms with Gasteiger partial charge in [0.05, 0.1) is 19.0 Å². The van der Waals surface area contributed by atoms with Crippen molar-refractivity contribution >= 4 is 17.5 Å². The van der Waals surface area contributed by atoms with Crippen LogP contribution in [-0.4, -0.2) is 54.5 Å². The van der Waals surface area contributed by atoms with Gasteiger partial charge in [-0.05, 0) is 32.0 Å². The van der Waals surface area contributed by atoms with E-state index in [-0.39, 0.29) is 0 Å². The molecule has 7 heteroatoms. The van der Waals surface area contributed by atoms with Crippen LogP contribution in [0, 0.1) is 0 Å². The number of hydrogen-bond donors (Lipinski definition) is 2. The Labute approximate surface area is 130 Å². The number of aromatic nitrogens is 1. The SMILES string of the molecule is CCN1CCC[C@@H]1CNC(=O)C(=O)Nc1ccc(OC)nc1. The minimum absolute atomic E-state index is 0.324. The van der Waals surface area contributed by atoms with Crippen molar-refractivity contribution in [2.24, 2.45) is 0 Å². The van der Waals surface area contributed by atoms with Crippen LogP contribution in [0.25, 0.3) is 0 Å². The van der Waals surface area contributed by atoms with E-state index in [0.29, 0.717) is 24.2 Å². The summed E-state index contributed by atoms with van der Waals surface area (Å²) < 4.78 is 4.93. The van der Waals surface area contributed by atoms with Crippen LogP contribution in [0.5, 0.6) is 5.88 Å². The third-order valence-electron chi connectivity index (χ3n) is 3.81. The van der Waals surface area contributed by atoms with E-state index in [4.69, 9.17) is 4.74 Å². The standard InChI is InChI=1S/C15H22N4O3/c1-3-19-8-4-5-12(19)10-17-14(20)15(21)18-11-6-7-13(22-2)16-9-11/h6-7,9,12H,3-5,8,10H2,1-2H3,(H,17,20)(H,18,21)/t12-/m1/s1. The van der Waals surface area contributed by atoms with Crippen molar-refractivity contribution in [2.45, 2.75) is 25.8 Å². The van der Waals surface area contributed by atoms with Crippen LogP contribution in [0.1, 0.15) is 19.8 Å². The molecule has 0 aromatic carbocycles. The highest BCUT2D eigenvalue weighted by Gasteiger charge is 2.24. The maximum atomic E-state index is 11.8. The molecule has 1 aromatic heterocycles. The molecular weight excluding hydrogens is 284 g/mol. The number of ether oxygens (including phenoxy) is 1. The van der Waals surface area contributed by atoms with E-state index in [2.05, 4.69) is 27.4 Å². The molecule has 2 heterocycles. The molecule has 0 bridgehead atoms. The number of hydrogen-bond acceptors (Lipinski definition) is 5. The summed E-state index contributed by atoms with van der Waals surface area (Å²) in [6.07, 6.45) is 3.63. The van der Waals surface area contributed by atoms with Crippen LogP contribution >= 0.6 is 0 Å². The lowest BCUT2D eigenvalue weighted by molar-refractivity contribution is -0.136. The zero-order valence-corrected chi connectivity index (χ0v) is 13.0. The number of likely N-dealkylation sites (tertiary alicyclic amines) is 1. The van der Waals surface area contributed by atoms with Gasteiger partial charge in [-0.1, -0.05) is 6.92 Å². The summed E-state index contributed by atoms with van der Waals surface area (Å²) in [5.41, 5.74) is 0.456. The number of likely N-dealkylation sites (N-methyl/N-ethyl adjacent to an activating group) is 1. The van der Waals surface area contributed by atoms with Crippen molar-refractivity contribution in [3.8, 4) is 5.88 Å². The Morgan fingerprint density at radius 3 is 2.86 bits per heavy atom. The number of pyridine rings is 1. The molecule has 1 atom stereocenters. The molecule has 22 heavy (non-hydrogen) atoms. The highest BCUT2D eigenvalue weighted by molar-refractivity contribution is 6.39. The van der Waals surface area contributed by atoms with Gasteiger partial charge in [0, 0.05) is 18.7 Å². The fourth-order valence-electron chi connectivity index (χ4n) is 2.60. The summed E-state index contributed by atoms with van der Waals surface area (Å²) in [5, 5.41) is 5.20. The smallest absolute Gasteiger partial charge is 0.313 e. The zero-order chi connectivity index (χ0) is 15.9. The fraction of sp³-hybridized carbons (Fsp3) is 0.533. The second-order valence-electron chi connectivity index (χ2n) is 5.18. The molecule has 1 aliphatic heterocycles. The molecule has 7 nitrogen and oxygen atoms in total. The first-order valence-corrected chi connectivity index (χ1v) is 7.47. The summed E-state index contributed by atoms with van der Waals surface area (Å²) in [4.78, 5) is 29.9. The minimum atomic E-state index is -0.687. The largest absolute Gasteiger partial charge is 0.481 e. The van der Waals surface area contributed by atoms with E-state index in [0.717, 1.165) is 25.9 Å². The Kier molecular flexibility index (Phi) is 5.71. The molecule has 0 aliphatic carbocycles. The van der Waals surface area contributed by atoms with Gasteiger partial charge in [-0.15, -0.1) is 0 Å². The molecule has 1 aliphatic rings. The first-order valence-electron chi connectivity index (χ1n) is 7.47. The van der Waals surface area contributed by atoms with Crippen molar-refractivity contribution in [3.05, 3.63) is 18.3 Å². The minimum Gasteiger partial charge on any atom is -0.481 e. The average Bonchev–Trinajstić information content (AvgIpc) is 3.00. The molecule has 1 aromatic rings. The first kappa shape index (κ1) is 16.2. The van der Waals surface area contributed by atoms with E-state index < -0.39 is 11.8 Å². The molecule has 2 amide bonds. The average molecular weight is 306 g/mol. The molecule has 0 unspecified atom stereocenters. The van der Waals surface area contributed by atoms with Crippen LogP contribution in [0.3, 0.4) is 0 Å². The Hall–Kier alpha value is -2.15. The molecule has 2 N–H and O–H groups in total. The summed E-state index contributed by atoms with van der Waals surface area (Å²) in [6.45, 7) is 4.62. The maximum Gasteiger partial charge on any atom is 0.313 e. The summed E-state index contributed by atoms with van der Waals surface area (Å²) in [6, 6.07) is 3.57. The Morgan fingerprint density at radius 2 is 2.23 bits per heavy atom. The van der Waals surface area contributed by atoms with Crippen molar-refractivity contribution in [3.63, 3.8) is 0 Å². The maximum absolute atomic E-state index is 11.8. The quantitative estimate of drug-likeness (QED) is 0.780. The van der Waals surface area contributed by atoms with E-state index in [1.807, 2.05) is 0 Å². The topological polar surface area (TPSA) is 83.6 Å². The van der Waals surface area contributed by atoms with Crippen molar-refractivity contribution in [1.82, 2.24) is 15.2 Å². The van der Waals surface area contributed by atoms with Gasteiger partial charge in [0.1, 0.15) is 0 Å². The third kappa shape index (κ3) is 4.17. The second-order valence-corrected chi connectivity index (χ2v) is 5.18.